The first-order chi connectivity index (χ1) is 12.0. The van der Waals surface area contributed by atoms with Gasteiger partial charge in [-0.15, -0.1) is 0 Å². The number of nitrogens with zero attached hydrogens (tertiary/aromatic N) is 2. The summed E-state index contributed by atoms with van der Waals surface area (Å²) in [5.74, 6) is -1.70. The van der Waals surface area contributed by atoms with Crippen molar-refractivity contribution in [3.8, 4) is 11.3 Å². The summed E-state index contributed by atoms with van der Waals surface area (Å²) in [6.45, 7) is 0.533. The maximum atomic E-state index is 14.1. The standard InChI is InChI=1S/C19H21F2N3O/c1-24-12-16(18(23-24)15-8-7-14(20)11-17(15)21)19(25)22-10-9-13-5-3-2-4-6-13/h5,7-8,11-12H,2-4,6,9-10H2,1H3,(H,22,25). The molecule has 3 rings (SSSR count). The Morgan fingerprint density at radius 2 is 2.16 bits per heavy atom. The van der Waals surface area contributed by atoms with E-state index in [-0.39, 0.29) is 22.7 Å². The second-order valence-electron chi connectivity index (χ2n) is 6.30. The van der Waals surface area contributed by atoms with E-state index >= 15 is 0 Å². The molecule has 1 heterocycles. The molecule has 0 aliphatic heterocycles. The van der Waals surface area contributed by atoms with Crippen LogP contribution in [-0.4, -0.2) is 22.2 Å². The third kappa shape index (κ3) is 4.13. The maximum absolute atomic E-state index is 14.1. The Bertz CT molecular complexity index is 811. The fourth-order valence-electron chi connectivity index (χ4n) is 3.10. The molecule has 1 aliphatic rings. The molecular weight excluding hydrogens is 324 g/mol. The highest BCUT2D eigenvalue weighted by Crippen LogP contribution is 2.25. The fourth-order valence-corrected chi connectivity index (χ4v) is 3.10. The molecule has 6 heteroatoms. The van der Waals surface area contributed by atoms with Gasteiger partial charge in [-0.2, -0.15) is 5.10 Å². The summed E-state index contributed by atoms with van der Waals surface area (Å²) >= 11 is 0. The van der Waals surface area contributed by atoms with Crippen LogP contribution in [0.15, 0.2) is 36.0 Å². The highest BCUT2D eigenvalue weighted by Gasteiger charge is 2.20. The molecule has 1 N–H and O–H groups in total. The Labute approximate surface area is 145 Å². The zero-order valence-corrected chi connectivity index (χ0v) is 14.2. The van der Waals surface area contributed by atoms with Crippen molar-refractivity contribution < 1.29 is 13.6 Å². The Morgan fingerprint density at radius 1 is 1.32 bits per heavy atom. The molecule has 132 valence electrons. The van der Waals surface area contributed by atoms with Crippen molar-refractivity contribution in [3.05, 3.63) is 53.2 Å². The van der Waals surface area contributed by atoms with Gasteiger partial charge in [0.25, 0.3) is 5.91 Å². The molecule has 1 aromatic carbocycles. The number of nitrogens with one attached hydrogen (secondary N) is 1. The van der Waals surface area contributed by atoms with Crippen molar-refractivity contribution in [2.75, 3.05) is 6.54 Å². The molecule has 2 aromatic rings. The quantitative estimate of drug-likeness (QED) is 0.833. The number of hydrogen-bond acceptors (Lipinski definition) is 2. The number of amides is 1. The average molecular weight is 345 g/mol. The van der Waals surface area contributed by atoms with Crippen LogP contribution in [0.5, 0.6) is 0 Å². The number of carbonyl (C=O) groups is 1. The predicted molar refractivity (Wildman–Crippen MR) is 92.1 cm³/mol. The van der Waals surface area contributed by atoms with Crippen LogP contribution in [0, 0.1) is 11.6 Å². The number of hydrogen-bond donors (Lipinski definition) is 1. The van der Waals surface area contributed by atoms with Crippen LogP contribution in [0.2, 0.25) is 0 Å². The summed E-state index contributed by atoms with van der Waals surface area (Å²) in [7, 11) is 1.66. The van der Waals surface area contributed by atoms with Crippen molar-refractivity contribution in [2.45, 2.75) is 32.1 Å². The highest BCUT2D eigenvalue weighted by molar-refractivity contribution is 5.99. The fraction of sp³-hybridized carbons (Fsp3) is 0.368. The number of rotatable bonds is 5. The van der Waals surface area contributed by atoms with Crippen LogP contribution in [0.25, 0.3) is 11.3 Å². The van der Waals surface area contributed by atoms with Crippen LogP contribution in [0.3, 0.4) is 0 Å². The Hall–Kier alpha value is -2.50. The average Bonchev–Trinajstić information content (AvgIpc) is 2.97. The molecule has 25 heavy (non-hydrogen) atoms. The normalized spacial score (nSPS) is 14.3. The van der Waals surface area contributed by atoms with E-state index in [0.29, 0.717) is 6.54 Å². The van der Waals surface area contributed by atoms with Gasteiger partial charge in [-0.1, -0.05) is 11.6 Å². The van der Waals surface area contributed by atoms with Gasteiger partial charge in [0.1, 0.15) is 17.3 Å². The molecule has 4 nitrogen and oxygen atoms in total. The van der Waals surface area contributed by atoms with E-state index in [1.807, 2.05) is 0 Å². The number of aryl methyl sites for hydroxylation is 1. The molecular formula is C19H21F2N3O. The van der Waals surface area contributed by atoms with Gasteiger partial charge in [-0.05, 0) is 44.2 Å². The minimum Gasteiger partial charge on any atom is -0.352 e. The van der Waals surface area contributed by atoms with E-state index in [4.69, 9.17) is 0 Å². The number of benzene rings is 1. The molecule has 0 unspecified atom stereocenters. The van der Waals surface area contributed by atoms with Crippen molar-refractivity contribution in [2.24, 2.45) is 7.05 Å². The SMILES string of the molecule is Cn1cc(C(=O)NCCC2=CCCCC2)c(-c2ccc(F)cc2F)n1. The van der Waals surface area contributed by atoms with Crippen molar-refractivity contribution in [1.29, 1.82) is 0 Å². The number of halogens is 2. The minimum atomic E-state index is -0.736. The topological polar surface area (TPSA) is 46.9 Å². The summed E-state index contributed by atoms with van der Waals surface area (Å²) in [6.07, 6.45) is 9.27. The zero-order valence-electron chi connectivity index (χ0n) is 14.2. The Balaban J connectivity index is 1.73. The third-order valence-electron chi connectivity index (χ3n) is 4.38. The van der Waals surface area contributed by atoms with Gasteiger partial charge in [0.05, 0.1) is 5.56 Å². The van der Waals surface area contributed by atoms with E-state index < -0.39 is 11.6 Å². The predicted octanol–water partition coefficient (Wildman–Crippen LogP) is 3.99. The van der Waals surface area contributed by atoms with Gasteiger partial charge < -0.3 is 5.32 Å². The lowest BCUT2D eigenvalue weighted by molar-refractivity contribution is 0.0954. The second-order valence-corrected chi connectivity index (χ2v) is 6.30. The first-order valence-electron chi connectivity index (χ1n) is 8.50. The van der Waals surface area contributed by atoms with Crippen LogP contribution in [0.4, 0.5) is 8.78 Å². The highest BCUT2D eigenvalue weighted by atomic mass is 19.1. The lowest BCUT2D eigenvalue weighted by atomic mass is 9.97. The van der Waals surface area contributed by atoms with Crippen LogP contribution < -0.4 is 5.32 Å². The van der Waals surface area contributed by atoms with Gasteiger partial charge in [0, 0.05) is 31.4 Å². The van der Waals surface area contributed by atoms with Crippen molar-refractivity contribution >= 4 is 5.91 Å². The summed E-state index contributed by atoms with van der Waals surface area (Å²) < 4.78 is 28.6. The van der Waals surface area contributed by atoms with Crippen molar-refractivity contribution in [3.63, 3.8) is 0 Å². The lowest BCUT2D eigenvalue weighted by Gasteiger charge is -2.13. The smallest absolute Gasteiger partial charge is 0.255 e. The van der Waals surface area contributed by atoms with E-state index in [9.17, 15) is 13.6 Å². The summed E-state index contributed by atoms with van der Waals surface area (Å²) in [5.41, 5.74) is 1.99. The largest absolute Gasteiger partial charge is 0.352 e. The molecule has 0 radical (unpaired) electrons. The van der Waals surface area contributed by atoms with E-state index in [0.717, 1.165) is 31.4 Å². The third-order valence-corrected chi connectivity index (χ3v) is 4.38. The molecule has 0 saturated carbocycles. The first-order valence-corrected chi connectivity index (χ1v) is 8.50. The number of carbonyl (C=O) groups excluding carboxylic acids is 1. The number of aromatic nitrogens is 2. The maximum Gasteiger partial charge on any atom is 0.255 e. The molecule has 0 atom stereocenters. The van der Waals surface area contributed by atoms with E-state index in [1.165, 1.54) is 29.2 Å². The van der Waals surface area contributed by atoms with Crippen molar-refractivity contribution in [1.82, 2.24) is 15.1 Å². The molecule has 1 aliphatic carbocycles. The molecule has 1 amide bonds. The molecule has 0 bridgehead atoms. The molecule has 0 spiro atoms. The first kappa shape index (κ1) is 17.3. The van der Waals surface area contributed by atoms with Gasteiger partial charge >= 0.3 is 0 Å². The summed E-state index contributed by atoms with van der Waals surface area (Å²) in [5, 5.41) is 7.04. The van der Waals surface area contributed by atoms with Crippen LogP contribution in [0.1, 0.15) is 42.5 Å². The Morgan fingerprint density at radius 3 is 2.88 bits per heavy atom. The number of allylic oxidation sites excluding steroid dienone is 1. The molecule has 0 fully saturated rings. The summed E-state index contributed by atoms with van der Waals surface area (Å²) in [6, 6.07) is 3.25. The Kier molecular flexibility index (Phi) is 5.26. The monoisotopic (exact) mass is 345 g/mol. The molecule has 0 saturated heterocycles. The van der Waals surface area contributed by atoms with E-state index in [2.05, 4.69) is 16.5 Å². The second kappa shape index (κ2) is 7.59. The van der Waals surface area contributed by atoms with Gasteiger partial charge in [-0.3, -0.25) is 9.48 Å². The van der Waals surface area contributed by atoms with Gasteiger partial charge in [0.15, 0.2) is 0 Å². The van der Waals surface area contributed by atoms with Crippen LogP contribution in [-0.2, 0) is 7.05 Å². The van der Waals surface area contributed by atoms with Gasteiger partial charge in [0.2, 0.25) is 0 Å². The van der Waals surface area contributed by atoms with Gasteiger partial charge in [-0.25, -0.2) is 8.78 Å². The summed E-state index contributed by atoms with van der Waals surface area (Å²) in [4.78, 5) is 12.5. The van der Waals surface area contributed by atoms with Crippen LogP contribution >= 0.6 is 0 Å². The van der Waals surface area contributed by atoms with E-state index in [1.54, 1.807) is 13.2 Å². The molecule has 1 aromatic heterocycles. The zero-order chi connectivity index (χ0) is 17.8. The minimum absolute atomic E-state index is 0.113. The lowest BCUT2D eigenvalue weighted by Crippen LogP contribution is -2.25.